The lowest BCUT2D eigenvalue weighted by Gasteiger charge is -2.08. The lowest BCUT2D eigenvalue weighted by molar-refractivity contribution is -0.385. The Kier molecular flexibility index (Phi) is 6.03. The summed E-state index contributed by atoms with van der Waals surface area (Å²) < 4.78 is 0. The van der Waals surface area contributed by atoms with Gasteiger partial charge in [0, 0.05) is 12.1 Å². The molecule has 0 aliphatic rings. The Morgan fingerprint density at radius 3 is 2.40 bits per heavy atom. The second-order valence-electron chi connectivity index (χ2n) is 6.57. The zero-order valence-corrected chi connectivity index (χ0v) is 16.0. The fourth-order valence-electron chi connectivity index (χ4n) is 2.94. The van der Waals surface area contributed by atoms with Crippen LogP contribution in [0, 0.1) is 17.0 Å². The Morgan fingerprint density at radius 2 is 1.73 bits per heavy atom. The number of carboxylic acid groups (broad SMARTS) is 1. The molecule has 0 atom stereocenters. The van der Waals surface area contributed by atoms with Gasteiger partial charge in [0.15, 0.2) is 0 Å². The number of nitrogens with zero attached hydrogens (tertiary/aromatic N) is 1. The molecule has 0 fully saturated rings. The van der Waals surface area contributed by atoms with Crippen molar-refractivity contribution < 1.29 is 19.6 Å². The quantitative estimate of drug-likeness (QED) is 0.345. The molecule has 0 bridgehead atoms. The smallest absolute Gasteiger partial charge is 0.337 e. The molecule has 7 nitrogen and oxygen atoms in total. The van der Waals surface area contributed by atoms with Gasteiger partial charge in [0.2, 0.25) is 5.91 Å². The summed E-state index contributed by atoms with van der Waals surface area (Å²) in [6.07, 6.45) is 2.47. The number of rotatable bonds is 6. The summed E-state index contributed by atoms with van der Waals surface area (Å²) in [5.74, 6) is -1.76. The number of aryl methyl sites for hydroxylation is 1. The Hall–Kier alpha value is -4.26. The van der Waals surface area contributed by atoms with Crippen LogP contribution in [0.15, 0.2) is 72.8 Å². The van der Waals surface area contributed by atoms with Crippen molar-refractivity contribution in [3.05, 3.63) is 99.6 Å². The molecular formula is C23H18N2O5. The molecular weight excluding hydrogens is 384 g/mol. The highest BCUT2D eigenvalue weighted by Gasteiger charge is 2.15. The van der Waals surface area contributed by atoms with Crippen LogP contribution in [-0.2, 0) is 4.79 Å². The molecule has 3 aromatic carbocycles. The van der Waals surface area contributed by atoms with Gasteiger partial charge in [-0.15, -0.1) is 0 Å². The fourth-order valence-corrected chi connectivity index (χ4v) is 2.94. The van der Waals surface area contributed by atoms with Gasteiger partial charge in [0.05, 0.1) is 21.7 Å². The molecule has 30 heavy (non-hydrogen) atoms. The van der Waals surface area contributed by atoms with Gasteiger partial charge in [-0.2, -0.15) is 0 Å². The van der Waals surface area contributed by atoms with Crippen LogP contribution in [0.2, 0.25) is 0 Å². The Balaban J connectivity index is 1.85. The zero-order valence-electron chi connectivity index (χ0n) is 16.0. The maximum absolute atomic E-state index is 12.3. The first-order valence-electron chi connectivity index (χ1n) is 9.02. The minimum Gasteiger partial charge on any atom is -0.478 e. The van der Waals surface area contributed by atoms with Gasteiger partial charge >= 0.3 is 5.97 Å². The molecule has 150 valence electrons. The molecule has 0 spiro atoms. The summed E-state index contributed by atoms with van der Waals surface area (Å²) in [5, 5.41) is 23.3. The average Bonchev–Trinajstić information content (AvgIpc) is 2.72. The highest BCUT2D eigenvalue weighted by atomic mass is 16.6. The van der Waals surface area contributed by atoms with Crippen molar-refractivity contribution in [2.75, 3.05) is 5.32 Å². The molecule has 1 amide bonds. The summed E-state index contributed by atoms with van der Waals surface area (Å²) in [5.41, 5.74) is 2.56. The Bertz CT molecular complexity index is 1150. The number of carbonyl (C=O) groups is 2. The van der Waals surface area contributed by atoms with Crippen molar-refractivity contribution in [3.8, 4) is 11.1 Å². The van der Waals surface area contributed by atoms with E-state index in [1.165, 1.54) is 18.2 Å². The molecule has 0 saturated heterocycles. The van der Waals surface area contributed by atoms with Crippen LogP contribution in [0.3, 0.4) is 0 Å². The molecule has 0 heterocycles. The fraction of sp³-hybridized carbons (Fsp3) is 0.0435. The van der Waals surface area contributed by atoms with E-state index < -0.39 is 16.8 Å². The van der Waals surface area contributed by atoms with Crippen molar-refractivity contribution in [1.29, 1.82) is 0 Å². The third-order valence-corrected chi connectivity index (χ3v) is 4.41. The molecule has 7 heteroatoms. The van der Waals surface area contributed by atoms with E-state index in [-0.39, 0.29) is 22.5 Å². The van der Waals surface area contributed by atoms with E-state index in [9.17, 15) is 24.8 Å². The molecule has 0 aromatic heterocycles. The molecule has 0 unspecified atom stereocenters. The number of carboxylic acids is 1. The van der Waals surface area contributed by atoms with E-state index in [1.807, 2.05) is 30.3 Å². The normalized spacial score (nSPS) is 10.7. The Morgan fingerprint density at radius 1 is 1.00 bits per heavy atom. The van der Waals surface area contributed by atoms with E-state index in [1.54, 1.807) is 31.2 Å². The highest BCUT2D eigenvalue weighted by molar-refractivity contribution is 6.06. The van der Waals surface area contributed by atoms with Gasteiger partial charge < -0.3 is 10.4 Å². The van der Waals surface area contributed by atoms with E-state index in [0.717, 1.165) is 17.2 Å². The molecule has 3 rings (SSSR count). The lowest BCUT2D eigenvalue weighted by atomic mass is 10.0. The van der Waals surface area contributed by atoms with Crippen LogP contribution >= 0.6 is 0 Å². The van der Waals surface area contributed by atoms with Crippen LogP contribution in [0.4, 0.5) is 11.4 Å². The lowest BCUT2D eigenvalue weighted by Crippen LogP contribution is -2.12. The van der Waals surface area contributed by atoms with Gasteiger partial charge in [-0.05, 0) is 47.9 Å². The number of nitro groups is 1. The van der Waals surface area contributed by atoms with Crippen molar-refractivity contribution in [2.45, 2.75) is 6.92 Å². The number of aromatic carboxylic acids is 1. The van der Waals surface area contributed by atoms with E-state index in [4.69, 9.17) is 0 Å². The third kappa shape index (κ3) is 4.77. The molecule has 0 aliphatic heterocycles. The van der Waals surface area contributed by atoms with Gasteiger partial charge in [0.1, 0.15) is 0 Å². The average molecular weight is 402 g/mol. The minimum atomic E-state index is -1.17. The number of carbonyl (C=O) groups excluding carboxylic acids is 1. The molecule has 2 N–H and O–H groups in total. The summed E-state index contributed by atoms with van der Waals surface area (Å²) in [6.45, 7) is 1.77. The predicted octanol–water partition coefficient (Wildman–Crippen LogP) is 4.92. The second-order valence-corrected chi connectivity index (χ2v) is 6.57. The first kappa shape index (κ1) is 20.5. The summed E-state index contributed by atoms with van der Waals surface area (Å²) >= 11 is 0. The predicted molar refractivity (Wildman–Crippen MR) is 114 cm³/mol. The van der Waals surface area contributed by atoms with Crippen molar-refractivity contribution >= 4 is 29.3 Å². The van der Waals surface area contributed by atoms with Crippen molar-refractivity contribution in [1.82, 2.24) is 0 Å². The number of hydrogen-bond acceptors (Lipinski definition) is 4. The van der Waals surface area contributed by atoms with Gasteiger partial charge in [-0.1, -0.05) is 42.5 Å². The van der Waals surface area contributed by atoms with Crippen LogP contribution in [0.25, 0.3) is 17.2 Å². The Labute approximate surface area is 172 Å². The van der Waals surface area contributed by atoms with Crippen LogP contribution in [0.5, 0.6) is 0 Å². The van der Waals surface area contributed by atoms with Gasteiger partial charge in [-0.25, -0.2) is 4.79 Å². The summed E-state index contributed by atoms with van der Waals surface area (Å²) in [7, 11) is 0. The number of nitrogens with one attached hydrogen (secondary N) is 1. The monoisotopic (exact) mass is 402 g/mol. The van der Waals surface area contributed by atoms with E-state index in [2.05, 4.69) is 5.32 Å². The van der Waals surface area contributed by atoms with Crippen molar-refractivity contribution in [2.24, 2.45) is 0 Å². The summed E-state index contributed by atoms with van der Waals surface area (Å²) in [6, 6.07) is 18.6. The number of benzene rings is 3. The van der Waals surface area contributed by atoms with Crippen LogP contribution in [0.1, 0.15) is 21.5 Å². The van der Waals surface area contributed by atoms with E-state index in [0.29, 0.717) is 5.56 Å². The SMILES string of the molecule is Cc1ccc(C(=O)O)c(NC(=O)/C=C/c2ccc(-c3ccccc3)cc2[N+](=O)[O-])c1. The van der Waals surface area contributed by atoms with Gasteiger partial charge in [0.25, 0.3) is 5.69 Å². The third-order valence-electron chi connectivity index (χ3n) is 4.41. The first-order valence-corrected chi connectivity index (χ1v) is 9.02. The minimum absolute atomic E-state index is 0.0412. The molecule has 0 aliphatic carbocycles. The molecule has 3 aromatic rings. The highest BCUT2D eigenvalue weighted by Crippen LogP contribution is 2.28. The van der Waals surface area contributed by atoms with E-state index >= 15 is 0 Å². The van der Waals surface area contributed by atoms with Crippen LogP contribution in [-0.4, -0.2) is 21.9 Å². The topological polar surface area (TPSA) is 110 Å². The van der Waals surface area contributed by atoms with Gasteiger partial charge in [-0.3, -0.25) is 14.9 Å². The number of nitro benzene ring substituents is 1. The maximum atomic E-state index is 12.3. The van der Waals surface area contributed by atoms with Crippen molar-refractivity contribution in [3.63, 3.8) is 0 Å². The number of hydrogen-bond donors (Lipinski definition) is 2. The first-order chi connectivity index (χ1) is 14.3. The second kappa shape index (κ2) is 8.83. The maximum Gasteiger partial charge on any atom is 0.337 e. The number of anilines is 1. The largest absolute Gasteiger partial charge is 0.478 e. The zero-order chi connectivity index (χ0) is 21.7. The molecule has 0 radical (unpaired) electrons. The summed E-state index contributed by atoms with van der Waals surface area (Å²) in [4.78, 5) is 34.6. The standard InChI is InChI=1S/C23H18N2O5/c1-15-7-11-19(23(27)28)20(13-15)24-22(26)12-10-17-8-9-18(14-21(17)25(29)30)16-5-3-2-4-6-16/h2-14H,1H3,(H,24,26)(H,27,28)/b12-10+. The number of amides is 1. The molecule has 0 saturated carbocycles. The van der Waals surface area contributed by atoms with Crippen LogP contribution < -0.4 is 5.32 Å².